The third-order valence-corrected chi connectivity index (χ3v) is 3.16. The van der Waals surface area contributed by atoms with E-state index in [9.17, 15) is 4.79 Å². The first-order chi connectivity index (χ1) is 9.69. The number of nitrogens with zero attached hydrogens (tertiary/aromatic N) is 1. The Bertz CT molecular complexity index is 406. The summed E-state index contributed by atoms with van der Waals surface area (Å²) in [7, 11) is 1.63. The fraction of sp³-hybridized carbons (Fsp3) is 0.438. The van der Waals surface area contributed by atoms with Gasteiger partial charge in [-0.05, 0) is 12.0 Å². The van der Waals surface area contributed by atoms with Crippen LogP contribution >= 0.6 is 0 Å². The zero-order valence-electron chi connectivity index (χ0n) is 12.1. The van der Waals surface area contributed by atoms with E-state index in [-0.39, 0.29) is 11.9 Å². The molecule has 1 atom stereocenters. The molecule has 1 aromatic carbocycles. The molecule has 4 heteroatoms. The second-order valence-electron chi connectivity index (χ2n) is 4.68. The quantitative estimate of drug-likeness (QED) is 0.703. The molecule has 0 aromatic heterocycles. The summed E-state index contributed by atoms with van der Waals surface area (Å²) in [6.45, 7) is 5.34. The number of carbonyl (C=O) groups is 1. The van der Waals surface area contributed by atoms with Crippen molar-refractivity contribution in [3.63, 3.8) is 0 Å². The molecular weight excluding hydrogens is 252 g/mol. The summed E-state index contributed by atoms with van der Waals surface area (Å²) in [6.07, 6.45) is 2.81. The first-order valence-electron chi connectivity index (χ1n) is 6.87. The molecule has 1 aromatic rings. The maximum absolute atomic E-state index is 12.1. The van der Waals surface area contributed by atoms with Gasteiger partial charge in [0, 0.05) is 32.7 Å². The Morgan fingerprint density at radius 1 is 1.45 bits per heavy atom. The molecule has 20 heavy (non-hydrogen) atoms. The van der Waals surface area contributed by atoms with Crippen molar-refractivity contribution in [3.8, 4) is 0 Å². The number of hydrogen-bond acceptors (Lipinski definition) is 3. The van der Waals surface area contributed by atoms with Crippen LogP contribution in [0.4, 0.5) is 0 Å². The summed E-state index contributed by atoms with van der Waals surface area (Å²) in [5, 5.41) is 0. The molecule has 1 unspecified atom stereocenters. The van der Waals surface area contributed by atoms with Gasteiger partial charge in [-0.25, -0.2) is 0 Å². The molecule has 0 saturated heterocycles. The lowest BCUT2D eigenvalue weighted by atomic mass is 10.0. The van der Waals surface area contributed by atoms with Crippen LogP contribution in [0.3, 0.4) is 0 Å². The number of benzene rings is 1. The Labute approximate surface area is 121 Å². The molecule has 0 saturated carbocycles. The van der Waals surface area contributed by atoms with Gasteiger partial charge in [0.1, 0.15) is 0 Å². The van der Waals surface area contributed by atoms with Crippen molar-refractivity contribution in [2.45, 2.75) is 18.9 Å². The highest BCUT2D eigenvalue weighted by molar-refractivity contribution is 5.76. The zero-order valence-corrected chi connectivity index (χ0v) is 12.1. The Morgan fingerprint density at radius 3 is 2.75 bits per heavy atom. The van der Waals surface area contributed by atoms with Crippen LogP contribution in [0.15, 0.2) is 43.0 Å². The average molecular weight is 276 g/mol. The molecule has 0 aliphatic carbocycles. The monoisotopic (exact) mass is 276 g/mol. The van der Waals surface area contributed by atoms with E-state index >= 15 is 0 Å². The van der Waals surface area contributed by atoms with Gasteiger partial charge in [-0.15, -0.1) is 6.58 Å². The van der Waals surface area contributed by atoms with Crippen molar-refractivity contribution in [1.29, 1.82) is 0 Å². The normalized spacial score (nSPS) is 11.9. The summed E-state index contributed by atoms with van der Waals surface area (Å²) in [5.41, 5.74) is 7.16. The summed E-state index contributed by atoms with van der Waals surface area (Å²) in [4.78, 5) is 13.9. The van der Waals surface area contributed by atoms with Gasteiger partial charge in [0.05, 0.1) is 6.61 Å². The van der Waals surface area contributed by atoms with Crippen molar-refractivity contribution in [1.82, 2.24) is 4.90 Å². The van der Waals surface area contributed by atoms with Crippen molar-refractivity contribution in [2.75, 3.05) is 26.8 Å². The van der Waals surface area contributed by atoms with Crippen LogP contribution in [0.25, 0.3) is 0 Å². The fourth-order valence-electron chi connectivity index (χ4n) is 1.98. The Hall–Kier alpha value is -1.65. The van der Waals surface area contributed by atoms with Gasteiger partial charge >= 0.3 is 0 Å². The minimum Gasteiger partial charge on any atom is -0.383 e. The lowest BCUT2D eigenvalue weighted by Crippen LogP contribution is -2.34. The smallest absolute Gasteiger partial charge is 0.222 e. The molecule has 1 amide bonds. The number of carbonyl (C=O) groups excluding carboxylic acids is 1. The van der Waals surface area contributed by atoms with Crippen molar-refractivity contribution in [2.24, 2.45) is 5.73 Å². The third kappa shape index (κ3) is 5.55. The third-order valence-electron chi connectivity index (χ3n) is 3.16. The van der Waals surface area contributed by atoms with Gasteiger partial charge in [0.15, 0.2) is 0 Å². The molecule has 110 valence electrons. The van der Waals surface area contributed by atoms with Crippen LogP contribution in [-0.4, -0.2) is 37.6 Å². The van der Waals surface area contributed by atoms with Crippen LogP contribution in [0.1, 0.15) is 24.4 Å². The zero-order chi connectivity index (χ0) is 14.8. The number of amides is 1. The van der Waals surface area contributed by atoms with E-state index in [0.29, 0.717) is 32.5 Å². The molecule has 4 nitrogen and oxygen atoms in total. The van der Waals surface area contributed by atoms with Crippen molar-refractivity contribution < 1.29 is 9.53 Å². The van der Waals surface area contributed by atoms with Gasteiger partial charge < -0.3 is 15.4 Å². The topological polar surface area (TPSA) is 55.6 Å². The molecule has 0 aliphatic rings. The van der Waals surface area contributed by atoms with E-state index < -0.39 is 0 Å². The molecule has 0 fully saturated rings. The molecule has 0 spiro atoms. The van der Waals surface area contributed by atoms with Crippen LogP contribution in [0, 0.1) is 0 Å². The Morgan fingerprint density at radius 2 is 2.15 bits per heavy atom. The fourth-order valence-corrected chi connectivity index (χ4v) is 1.98. The van der Waals surface area contributed by atoms with Gasteiger partial charge in [-0.3, -0.25) is 4.79 Å². The van der Waals surface area contributed by atoms with Gasteiger partial charge in [0.2, 0.25) is 5.91 Å². The summed E-state index contributed by atoms with van der Waals surface area (Å²) >= 11 is 0. The number of methoxy groups -OCH3 is 1. The predicted molar refractivity (Wildman–Crippen MR) is 81.3 cm³/mol. The highest BCUT2D eigenvalue weighted by Crippen LogP contribution is 2.15. The van der Waals surface area contributed by atoms with E-state index in [0.717, 1.165) is 5.56 Å². The Balaban J connectivity index is 2.45. The second-order valence-corrected chi connectivity index (χ2v) is 4.68. The molecule has 0 heterocycles. The summed E-state index contributed by atoms with van der Waals surface area (Å²) in [6, 6.07) is 9.74. The maximum atomic E-state index is 12.1. The highest BCUT2D eigenvalue weighted by Gasteiger charge is 2.14. The molecule has 0 radical (unpaired) electrons. The average Bonchev–Trinajstić information content (AvgIpc) is 2.49. The van der Waals surface area contributed by atoms with E-state index in [1.807, 2.05) is 30.3 Å². The lowest BCUT2D eigenvalue weighted by Gasteiger charge is -2.21. The van der Waals surface area contributed by atoms with Gasteiger partial charge in [0.25, 0.3) is 0 Å². The molecular formula is C16H24N2O2. The molecule has 0 bridgehead atoms. The molecule has 1 rings (SSSR count). The Kier molecular flexibility index (Phi) is 7.62. The molecule has 2 N–H and O–H groups in total. The van der Waals surface area contributed by atoms with E-state index in [1.54, 1.807) is 18.1 Å². The number of nitrogens with two attached hydrogens (primary N) is 1. The minimum absolute atomic E-state index is 0.0910. The number of ether oxygens (including phenoxy) is 1. The van der Waals surface area contributed by atoms with Crippen molar-refractivity contribution in [3.05, 3.63) is 48.6 Å². The van der Waals surface area contributed by atoms with Crippen molar-refractivity contribution >= 4 is 5.91 Å². The second kappa shape index (κ2) is 9.28. The first kappa shape index (κ1) is 16.4. The van der Waals surface area contributed by atoms with Crippen LogP contribution in [0.2, 0.25) is 0 Å². The summed E-state index contributed by atoms with van der Waals surface area (Å²) in [5.74, 6) is 0.0910. The van der Waals surface area contributed by atoms with Crippen LogP contribution in [0.5, 0.6) is 0 Å². The summed E-state index contributed by atoms with van der Waals surface area (Å²) < 4.78 is 5.01. The van der Waals surface area contributed by atoms with E-state index in [2.05, 4.69) is 6.58 Å². The van der Waals surface area contributed by atoms with E-state index in [4.69, 9.17) is 10.5 Å². The van der Waals surface area contributed by atoms with Crippen LogP contribution in [-0.2, 0) is 9.53 Å². The maximum Gasteiger partial charge on any atom is 0.222 e. The molecule has 0 aliphatic heterocycles. The standard InChI is InChI=1S/C16H24N2O2/c1-3-11-18(12-13-20-2)16(19)10-9-15(17)14-7-5-4-6-8-14/h3-8,15H,1,9-13,17H2,2H3. The van der Waals surface area contributed by atoms with Gasteiger partial charge in [-0.1, -0.05) is 36.4 Å². The number of hydrogen-bond donors (Lipinski definition) is 1. The van der Waals surface area contributed by atoms with Crippen LogP contribution < -0.4 is 5.73 Å². The number of rotatable bonds is 9. The lowest BCUT2D eigenvalue weighted by molar-refractivity contribution is -0.131. The SMILES string of the molecule is C=CCN(CCOC)C(=O)CCC(N)c1ccccc1. The first-order valence-corrected chi connectivity index (χ1v) is 6.87. The van der Waals surface area contributed by atoms with Gasteiger partial charge in [-0.2, -0.15) is 0 Å². The highest BCUT2D eigenvalue weighted by atomic mass is 16.5. The van der Waals surface area contributed by atoms with E-state index in [1.165, 1.54) is 0 Å². The minimum atomic E-state index is -0.104. The largest absolute Gasteiger partial charge is 0.383 e. The predicted octanol–water partition coefficient (Wildman–Crippen LogP) is 2.13.